The fourth-order valence-corrected chi connectivity index (χ4v) is 4.78. The Labute approximate surface area is 171 Å². The van der Waals surface area contributed by atoms with Crippen LogP contribution >= 0.6 is 15.9 Å². The maximum Gasteiger partial charge on any atom is 0.287 e. The first-order valence-electron chi connectivity index (χ1n) is 8.87. The lowest BCUT2D eigenvalue weighted by molar-refractivity contribution is 0.0924. The van der Waals surface area contributed by atoms with Crippen molar-refractivity contribution in [2.75, 3.05) is 43.4 Å². The first-order valence-corrected chi connectivity index (χ1v) is 11.3. The summed E-state index contributed by atoms with van der Waals surface area (Å²) >= 11 is 3.12. The molecule has 1 aliphatic rings. The highest BCUT2D eigenvalue weighted by Gasteiger charge is 2.26. The molecular weight excluding hydrogens is 453 g/mol. The molecule has 1 saturated heterocycles. The minimum absolute atomic E-state index is 0.0360. The van der Waals surface area contributed by atoms with Crippen LogP contribution in [0.5, 0.6) is 0 Å². The van der Waals surface area contributed by atoms with Gasteiger partial charge in [-0.2, -0.15) is 4.31 Å². The molecule has 7 nitrogen and oxygen atoms in total. The third-order valence-corrected chi connectivity index (χ3v) is 6.87. The fraction of sp³-hybridized carbons (Fsp3) is 0.389. The topological polar surface area (TPSA) is 82.9 Å². The highest BCUT2D eigenvalue weighted by molar-refractivity contribution is 9.10. The van der Waals surface area contributed by atoms with Crippen molar-refractivity contribution < 1.29 is 22.0 Å². The number of rotatable bonds is 7. The lowest BCUT2D eigenvalue weighted by Gasteiger charge is -2.35. The Morgan fingerprint density at radius 2 is 1.79 bits per heavy atom. The number of piperazine rings is 1. The highest BCUT2D eigenvalue weighted by atomic mass is 79.9. The average Bonchev–Trinajstić information content (AvgIpc) is 3.12. The Hall–Kier alpha value is -1.91. The summed E-state index contributed by atoms with van der Waals surface area (Å²) in [6.07, 6.45) is 0.314. The van der Waals surface area contributed by atoms with Gasteiger partial charge < -0.3 is 14.6 Å². The summed E-state index contributed by atoms with van der Waals surface area (Å²) in [7, 11) is -3.39. The van der Waals surface area contributed by atoms with Crippen LogP contribution in [-0.4, -0.2) is 57.1 Å². The molecule has 1 fully saturated rings. The zero-order valence-corrected chi connectivity index (χ0v) is 17.5. The first kappa shape index (κ1) is 20.8. The lowest BCUT2D eigenvalue weighted by Crippen LogP contribution is -2.49. The maximum absolute atomic E-state index is 13.0. The molecule has 0 aliphatic carbocycles. The standard InChI is InChI=1S/C18H21BrFN3O4S/c19-17-7-6-16(27-17)18(24)21-8-1-13-28(25,26)23-11-9-22(10-12-23)15-4-2-14(20)3-5-15/h2-7H,1,8-13H2,(H,21,24). The van der Waals surface area contributed by atoms with E-state index in [1.807, 2.05) is 4.90 Å². The zero-order valence-electron chi connectivity index (χ0n) is 15.1. The summed E-state index contributed by atoms with van der Waals surface area (Å²) in [5, 5.41) is 2.65. The van der Waals surface area contributed by atoms with Crippen LogP contribution in [0.3, 0.4) is 0 Å². The number of nitrogens with one attached hydrogen (secondary N) is 1. The molecule has 152 valence electrons. The normalized spacial score (nSPS) is 15.6. The second-order valence-electron chi connectivity index (χ2n) is 6.39. The third-order valence-electron chi connectivity index (χ3n) is 4.49. The molecule has 0 unspecified atom stereocenters. The Balaban J connectivity index is 1.42. The van der Waals surface area contributed by atoms with E-state index in [0.717, 1.165) is 5.69 Å². The van der Waals surface area contributed by atoms with Crippen LogP contribution in [0.1, 0.15) is 17.0 Å². The monoisotopic (exact) mass is 473 g/mol. The molecule has 2 heterocycles. The number of furan rings is 1. The van der Waals surface area contributed by atoms with Crippen LogP contribution in [0.2, 0.25) is 0 Å². The molecule has 0 bridgehead atoms. The number of nitrogens with zero attached hydrogens (tertiary/aromatic N) is 2. The van der Waals surface area contributed by atoms with Gasteiger partial charge in [0.05, 0.1) is 5.75 Å². The number of amides is 1. The van der Waals surface area contributed by atoms with Gasteiger partial charge in [-0.05, 0) is 58.7 Å². The molecule has 3 rings (SSSR count). The van der Waals surface area contributed by atoms with Crippen LogP contribution in [0, 0.1) is 5.82 Å². The van der Waals surface area contributed by atoms with Gasteiger partial charge in [-0.25, -0.2) is 12.8 Å². The maximum atomic E-state index is 13.0. The van der Waals surface area contributed by atoms with Crippen molar-refractivity contribution in [1.29, 1.82) is 0 Å². The number of anilines is 1. The van der Waals surface area contributed by atoms with Gasteiger partial charge in [-0.3, -0.25) is 4.79 Å². The molecule has 0 spiro atoms. The molecule has 1 aliphatic heterocycles. The Kier molecular flexibility index (Phi) is 6.73. The smallest absolute Gasteiger partial charge is 0.287 e. The van der Waals surface area contributed by atoms with Gasteiger partial charge in [0.15, 0.2) is 10.4 Å². The van der Waals surface area contributed by atoms with E-state index in [2.05, 4.69) is 21.2 Å². The van der Waals surface area contributed by atoms with E-state index in [1.54, 1.807) is 18.2 Å². The Morgan fingerprint density at radius 3 is 2.39 bits per heavy atom. The molecule has 0 radical (unpaired) electrons. The van der Waals surface area contributed by atoms with Crippen LogP contribution in [0.4, 0.5) is 10.1 Å². The molecule has 1 amide bonds. The van der Waals surface area contributed by atoms with E-state index in [9.17, 15) is 17.6 Å². The number of carbonyl (C=O) groups excluding carboxylic acids is 1. The summed E-state index contributed by atoms with van der Waals surface area (Å²) in [6.45, 7) is 2.11. The van der Waals surface area contributed by atoms with Gasteiger partial charge in [0.25, 0.3) is 5.91 Å². The van der Waals surface area contributed by atoms with E-state index in [0.29, 0.717) is 37.3 Å². The summed E-state index contributed by atoms with van der Waals surface area (Å²) < 4.78 is 45.1. The van der Waals surface area contributed by atoms with E-state index < -0.39 is 10.0 Å². The summed E-state index contributed by atoms with van der Waals surface area (Å²) in [5.74, 6) is -0.537. The largest absolute Gasteiger partial charge is 0.444 e. The summed E-state index contributed by atoms with van der Waals surface area (Å²) in [4.78, 5) is 13.9. The molecule has 0 saturated carbocycles. The number of hydrogen-bond donors (Lipinski definition) is 1. The van der Waals surface area contributed by atoms with Crippen LogP contribution < -0.4 is 10.2 Å². The number of benzene rings is 1. The van der Waals surface area contributed by atoms with Crippen LogP contribution in [0.25, 0.3) is 0 Å². The lowest BCUT2D eigenvalue weighted by atomic mass is 10.2. The van der Waals surface area contributed by atoms with Crippen LogP contribution in [-0.2, 0) is 10.0 Å². The number of sulfonamides is 1. The van der Waals surface area contributed by atoms with Crippen molar-refractivity contribution in [3.05, 3.63) is 52.6 Å². The third kappa shape index (κ3) is 5.33. The van der Waals surface area contributed by atoms with Crippen molar-refractivity contribution in [3.8, 4) is 0 Å². The Morgan fingerprint density at radius 1 is 1.11 bits per heavy atom. The van der Waals surface area contributed by atoms with Crippen molar-refractivity contribution in [2.24, 2.45) is 0 Å². The quantitative estimate of drug-likeness (QED) is 0.624. The number of hydrogen-bond acceptors (Lipinski definition) is 5. The van der Waals surface area contributed by atoms with Gasteiger partial charge in [0.2, 0.25) is 10.0 Å². The molecule has 28 heavy (non-hydrogen) atoms. The molecule has 2 aromatic rings. The van der Waals surface area contributed by atoms with E-state index in [4.69, 9.17) is 4.42 Å². The molecule has 10 heteroatoms. The van der Waals surface area contributed by atoms with Gasteiger partial charge in [-0.15, -0.1) is 0 Å². The molecule has 1 aromatic heterocycles. The second-order valence-corrected chi connectivity index (χ2v) is 9.26. The summed E-state index contributed by atoms with van der Waals surface area (Å²) in [6, 6.07) is 9.34. The predicted molar refractivity (Wildman–Crippen MR) is 107 cm³/mol. The van der Waals surface area contributed by atoms with E-state index in [1.165, 1.54) is 22.5 Å². The van der Waals surface area contributed by atoms with Gasteiger partial charge in [0.1, 0.15) is 5.82 Å². The molecule has 1 N–H and O–H groups in total. The van der Waals surface area contributed by atoms with E-state index >= 15 is 0 Å². The molecular formula is C18H21BrFN3O4S. The van der Waals surface area contributed by atoms with Gasteiger partial charge in [0, 0.05) is 38.4 Å². The zero-order chi connectivity index (χ0) is 20.1. The van der Waals surface area contributed by atoms with Crippen molar-refractivity contribution in [3.63, 3.8) is 0 Å². The summed E-state index contributed by atoms with van der Waals surface area (Å²) in [5.41, 5.74) is 0.880. The predicted octanol–water partition coefficient (Wildman–Crippen LogP) is 2.45. The van der Waals surface area contributed by atoms with Gasteiger partial charge >= 0.3 is 0 Å². The number of halogens is 2. The second kappa shape index (κ2) is 9.06. The minimum Gasteiger partial charge on any atom is -0.444 e. The van der Waals surface area contributed by atoms with Crippen LogP contribution in [0.15, 0.2) is 45.5 Å². The average molecular weight is 474 g/mol. The fourth-order valence-electron chi connectivity index (χ4n) is 2.99. The van der Waals surface area contributed by atoms with Crippen molar-refractivity contribution in [1.82, 2.24) is 9.62 Å². The molecule has 0 atom stereocenters. The number of carbonyl (C=O) groups is 1. The SMILES string of the molecule is O=C(NCCCS(=O)(=O)N1CCN(c2ccc(F)cc2)CC1)c1ccc(Br)o1. The highest BCUT2D eigenvalue weighted by Crippen LogP contribution is 2.18. The first-order chi connectivity index (χ1) is 13.3. The van der Waals surface area contributed by atoms with E-state index in [-0.39, 0.29) is 29.8 Å². The van der Waals surface area contributed by atoms with Crippen molar-refractivity contribution in [2.45, 2.75) is 6.42 Å². The Bertz CT molecular complexity index is 909. The minimum atomic E-state index is -3.39. The van der Waals surface area contributed by atoms with Crippen molar-refractivity contribution >= 4 is 37.5 Å². The van der Waals surface area contributed by atoms with Gasteiger partial charge in [-0.1, -0.05) is 0 Å². The molecule has 1 aromatic carbocycles.